The molecule has 0 aromatic rings. The van der Waals surface area contributed by atoms with Gasteiger partial charge in [0, 0.05) is 17.4 Å². The van der Waals surface area contributed by atoms with Crippen LogP contribution in [0.2, 0.25) is 0 Å². The Hall–Kier alpha value is -0.640. The number of aliphatic hydroxyl groups excluding tert-OH is 2. The van der Waals surface area contributed by atoms with Gasteiger partial charge in [0.1, 0.15) is 0 Å². The Morgan fingerprint density at radius 2 is 2.03 bits per heavy atom. The predicted octanol–water partition coefficient (Wildman–Crippen LogP) is 5.15. The third-order valence-electron chi connectivity index (χ3n) is 10.9. The highest BCUT2D eigenvalue weighted by Gasteiger charge is 2.79. The Balaban J connectivity index is 1.37. The molecule has 8 unspecified atom stereocenters. The van der Waals surface area contributed by atoms with Gasteiger partial charge < -0.3 is 15.3 Å². The fourth-order valence-corrected chi connectivity index (χ4v) is 8.97. The lowest BCUT2D eigenvalue weighted by Crippen LogP contribution is -2.55. The van der Waals surface area contributed by atoms with Crippen molar-refractivity contribution in [1.29, 1.82) is 0 Å². The second-order valence-electron chi connectivity index (χ2n) is 12.1. The summed E-state index contributed by atoms with van der Waals surface area (Å²) < 4.78 is 0. The second kappa shape index (κ2) is 6.93. The highest BCUT2D eigenvalue weighted by Crippen LogP contribution is 2.84. The average molecular weight is 415 g/mol. The van der Waals surface area contributed by atoms with Crippen LogP contribution in [0.1, 0.15) is 90.9 Å². The minimum atomic E-state index is -0.665. The molecule has 0 amide bonds. The van der Waals surface area contributed by atoms with E-state index >= 15 is 0 Å². The zero-order valence-electron chi connectivity index (χ0n) is 19.1. The van der Waals surface area contributed by atoms with Gasteiger partial charge in [-0.05, 0) is 106 Å². The van der Waals surface area contributed by atoms with Gasteiger partial charge in [-0.1, -0.05) is 32.1 Å². The summed E-state index contributed by atoms with van der Waals surface area (Å²) in [5.41, 5.74) is 2.59. The fourth-order valence-electron chi connectivity index (χ4n) is 8.97. The SMILES string of the molecule is C=C(CCCC(C)CO)C1CCC2(O)C3=CCC4CC(O)CCC45CC35CCC12C. The van der Waals surface area contributed by atoms with Crippen LogP contribution in [-0.2, 0) is 0 Å². The van der Waals surface area contributed by atoms with Crippen molar-refractivity contribution in [3.63, 3.8) is 0 Å². The highest BCUT2D eigenvalue weighted by atomic mass is 16.3. The molecule has 0 aliphatic heterocycles. The van der Waals surface area contributed by atoms with Crippen LogP contribution >= 0.6 is 0 Å². The summed E-state index contributed by atoms with van der Waals surface area (Å²) >= 11 is 0. The van der Waals surface area contributed by atoms with Crippen molar-refractivity contribution in [2.24, 2.45) is 34.0 Å². The van der Waals surface area contributed by atoms with Crippen molar-refractivity contribution >= 4 is 0 Å². The van der Waals surface area contributed by atoms with Crippen LogP contribution < -0.4 is 0 Å². The van der Waals surface area contributed by atoms with Gasteiger partial charge in [-0.3, -0.25) is 0 Å². The van der Waals surface area contributed by atoms with Crippen LogP contribution in [-0.4, -0.2) is 33.6 Å². The Kier molecular flexibility index (Phi) is 4.90. The lowest BCUT2D eigenvalue weighted by molar-refractivity contribution is -0.0841. The van der Waals surface area contributed by atoms with E-state index in [-0.39, 0.29) is 23.5 Å². The number of allylic oxidation sites excluding steroid dienone is 2. The first-order valence-electron chi connectivity index (χ1n) is 12.6. The van der Waals surface area contributed by atoms with E-state index in [1.54, 1.807) is 0 Å². The topological polar surface area (TPSA) is 60.7 Å². The van der Waals surface area contributed by atoms with Crippen molar-refractivity contribution < 1.29 is 15.3 Å². The minimum Gasteiger partial charge on any atom is -0.396 e. The third kappa shape index (κ3) is 2.61. The summed E-state index contributed by atoms with van der Waals surface area (Å²) in [6.45, 7) is 9.24. The molecule has 3 N–H and O–H groups in total. The van der Waals surface area contributed by atoms with Crippen LogP contribution in [0.3, 0.4) is 0 Å². The minimum absolute atomic E-state index is 0.0887. The molecular formula is C27H42O3. The smallest absolute Gasteiger partial charge is 0.0921 e. The van der Waals surface area contributed by atoms with Crippen molar-refractivity contribution in [3.05, 3.63) is 23.8 Å². The maximum absolute atomic E-state index is 12.3. The molecule has 0 aromatic heterocycles. The van der Waals surface area contributed by atoms with Gasteiger partial charge in [-0.2, -0.15) is 0 Å². The molecule has 0 radical (unpaired) electrons. The molecule has 5 aliphatic carbocycles. The molecule has 4 fully saturated rings. The van der Waals surface area contributed by atoms with Crippen LogP contribution in [0.25, 0.3) is 0 Å². The molecule has 0 saturated heterocycles. The first-order valence-corrected chi connectivity index (χ1v) is 12.6. The molecule has 0 bridgehead atoms. The quantitative estimate of drug-likeness (QED) is 0.527. The highest BCUT2D eigenvalue weighted by molar-refractivity contribution is 5.47. The molecule has 2 spiro atoms. The number of hydrogen-bond donors (Lipinski definition) is 3. The summed E-state index contributed by atoms with van der Waals surface area (Å²) in [5.74, 6) is 1.40. The number of fused-ring (bicyclic) bond motifs is 2. The van der Waals surface area contributed by atoms with E-state index in [4.69, 9.17) is 0 Å². The maximum Gasteiger partial charge on any atom is 0.0921 e. The molecule has 8 atom stereocenters. The molecule has 0 heterocycles. The van der Waals surface area contributed by atoms with Crippen molar-refractivity contribution in [3.8, 4) is 0 Å². The average Bonchev–Trinajstić information content (AvgIpc) is 3.30. The molecule has 5 aliphatic rings. The Bertz CT molecular complexity index is 757. The van der Waals surface area contributed by atoms with E-state index in [1.165, 1.54) is 24.0 Å². The van der Waals surface area contributed by atoms with Gasteiger partial charge in [0.2, 0.25) is 0 Å². The number of hydrogen-bond acceptors (Lipinski definition) is 3. The summed E-state index contributed by atoms with van der Waals surface area (Å²) in [5, 5.41) is 31.8. The molecule has 3 heteroatoms. The molecule has 0 aromatic carbocycles. The molecule has 5 rings (SSSR count). The number of rotatable bonds is 6. The van der Waals surface area contributed by atoms with E-state index in [0.29, 0.717) is 23.2 Å². The largest absolute Gasteiger partial charge is 0.396 e. The summed E-state index contributed by atoms with van der Waals surface area (Å²) in [6.07, 6.45) is 15.1. The van der Waals surface area contributed by atoms with Crippen molar-refractivity contribution in [2.45, 2.75) is 103 Å². The summed E-state index contributed by atoms with van der Waals surface area (Å²) in [7, 11) is 0. The van der Waals surface area contributed by atoms with Gasteiger partial charge in [-0.15, -0.1) is 0 Å². The van der Waals surface area contributed by atoms with Gasteiger partial charge in [-0.25, -0.2) is 0 Å². The zero-order valence-corrected chi connectivity index (χ0v) is 19.1. The maximum atomic E-state index is 12.3. The molecule has 3 nitrogen and oxygen atoms in total. The van der Waals surface area contributed by atoms with Gasteiger partial charge >= 0.3 is 0 Å². The van der Waals surface area contributed by atoms with E-state index < -0.39 is 5.60 Å². The first-order chi connectivity index (χ1) is 14.2. The normalized spacial score (nSPS) is 49.9. The van der Waals surface area contributed by atoms with E-state index in [1.807, 2.05) is 0 Å². The lowest BCUT2D eigenvalue weighted by atomic mass is 9.51. The van der Waals surface area contributed by atoms with Crippen molar-refractivity contribution in [1.82, 2.24) is 0 Å². The fraction of sp³-hybridized carbons (Fsp3) is 0.852. The Morgan fingerprint density at radius 3 is 2.80 bits per heavy atom. The van der Waals surface area contributed by atoms with Crippen molar-refractivity contribution in [2.75, 3.05) is 6.61 Å². The van der Waals surface area contributed by atoms with Crippen LogP contribution in [0.15, 0.2) is 23.8 Å². The van der Waals surface area contributed by atoms with E-state index in [2.05, 4.69) is 26.5 Å². The lowest BCUT2D eigenvalue weighted by Gasteiger charge is -2.56. The number of aliphatic hydroxyl groups is 3. The monoisotopic (exact) mass is 414 g/mol. The van der Waals surface area contributed by atoms with Crippen LogP contribution in [0.4, 0.5) is 0 Å². The van der Waals surface area contributed by atoms with Gasteiger partial charge in [0.05, 0.1) is 11.7 Å². The summed E-state index contributed by atoms with van der Waals surface area (Å²) in [6, 6.07) is 0. The standard InChI is InChI=1S/C27H42O3/c1-18(16-28)5-4-6-19(2)22-10-12-27(30)23-8-7-20-15-21(29)9-11-25(20)17-26(23,25)14-13-24(22,27)3/h8,18,20-22,28-30H,2,4-7,9-17H2,1,3H3. The predicted molar refractivity (Wildman–Crippen MR) is 120 cm³/mol. The van der Waals surface area contributed by atoms with Gasteiger partial charge in [0.25, 0.3) is 0 Å². The second-order valence-corrected chi connectivity index (χ2v) is 12.1. The molecule has 30 heavy (non-hydrogen) atoms. The molecule has 168 valence electrons. The van der Waals surface area contributed by atoms with E-state index in [9.17, 15) is 15.3 Å². The molecular weight excluding hydrogens is 372 g/mol. The third-order valence-corrected chi connectivity index (χ3v) is 10.9. The Labute approximate surface area is 182 Å². The van der Waals surface area contributed by atoms with Gasteiger partial charge in [0.15, 0.2) is 0 Å². The zero-order chi connectivity index (χ0) is 21.4. The first kappa shape index (κ1) is 21.2. The molecule has 4 saturated carbocycles. The van der Waals surface area contributed by atoms with Crippen LogP contribution in [0, 0.1) is 34.0 Å². The Morgan fingerprint density at radius 1 is 1.23 bits per heavy atom. The van der Waals surface area contributed by atoms with E-state index in [0.717, 1.165) is 64.2 Å². The summed E-state index contributed by atoms with van der Waals surface area (Å²) in [4.78, 5) is 0. The van der Waals surface area contributed by atoms with Crippen LogP contribution in [0.5, 0.6) is 0 Å².